The van der Waals surface area contributed by atoms with Gasteiger partial charge in [-0.05, 0) is 61.3 Å². The number of piperazine rings is 2. The number of likely N-dealkylation sites (N-methyl/N-ethyl adjacent to an activating group) is 3. The number of carbonyl (C=O) groups is 1. The minimum Gasteiger partial charge on any atom is -0.386 e. The van der Waals surface area contributed by atoms with Crippen LogP contribution in [0.5, 0.6) is 0 Å². The Bertz CT molecular complexity index is 1210. The van der Waals surface area contributed by atoms with Gasteiger partial charge in [-0.25, -0.2) is 0 Å². The predicted molar refractivity (Wildman–Crippen MR) is 198 cm³/mol. The molecule has 2 unspecified atom stereocenters. The Balaban J connectivity index is 0.000000218. The Morgan fingerprint density at radius 3 is 1.35 bits per heavy atom. The zero-order valence-electron chi connectivity index (χ0n) is 31.1. The molecule has 0 radical (unpaired) electrons. The molecule has 8 heteroatoms. The number of carbonyl (C=O) groups excluding carboxylic acids is 1. The van der Waals surface area contributed by atoms with Crippen molar-refractivity contribution in [3.8, 4) is 0 Å². The Kier molecular flexibility index (Phi) is 18.6. The summed E-state index contributed by atoms with van der Waals surface area (Å²) in [6, 6.07) is 28.3. The third-order valence-corrected chi connectivity index (χ3v) is 8.36. The van der Waals surface area contributed by atoms with Crippen molar-refractivity contribution in [3.05, 3.63) is 107 Å². The first-order valence-electron chi connectivity index (χ1n) is 17.2. The number of rotatable bonds is 2. The average molecular weight is 663 g/mol. The van der Waals surface area contributed by atoms with Gasteiger partial charge in [0, 0.05) is 59.3 Å². The van der Waals surface area contributed by atoms with Crippen LogP contribution in [0.1, 0.15) is 49.1 Å². The van der Waals surface area contributed by atoms with Crippen molar-refractivity contribution in [3.63, 3.8) is 0 Å². The normalized spacial score (nSPS) is 19.9. The third kappa shape index (κ3) is 17.3. The first-order chi connectivity index (χ1) is 22.8. The van der Waals surface area contributed by atoms with Gasteiger partial charge in [-0.15, -0.1) is 0 Å². The molecule has 0 spiro atoms. The van der Waals surface area contributed by atoms with Gasteiger partial charge in [0.05, 0.1) is 6.61 Å². The van der Waals surface area contributed by atoms with Crippen LogP contribution in [0.3, 0.4) is 0 Å². The molecule has 0 saturated carbocycles. The standard InChI is InChI=1S/C13H18O3.C7H14N2O.2C7H8.C6H14N2/c1-9-4-6-10(7-5-9)12(14)11-8-15-13(2,3)16-11;1-7(10)9-5-3-8(2)4-6-9;2*1-7-5-3-2-4-6-7;1-7-3-5-8(2)6-4-7/h4-7,11-12,14H,8H2,1-3H3;3-6H2,1-2H3;2*2-6H,1H3;3-6H2,1-2H3. The maximum Gasteiger partial charge on any atom is 0.219 e. The summed E-state index contributed by atoms with van der Waals surface area (Å²) in [5.74, 6) is -0.385. The van der Waals surface area contributed by atoms with E-state index in [0.29, 0.717) is 6.61 Å². The molecule has 3 aromatic carbocycles. The molecule has 3 aliphatic rings. The molecule has 1 N–H and O–H groups in total. The molecule has 48 heavy (non-hydrogen) atoms. The number of aliphatic hydroxyl groups is 1. The van der Waals surface area contributed by atoms with Crippen LogP contribution in [0.25, 0.3) is 0 Å². The number of amides is 1. The van der Waals surface area contributed by atoms with E-state index in [-0.39, 0.29) is 12.0 Å². The highest BCUT2D eigenvalue weighted by molar-refractivity contribution is 5.73. The molecule has 0 aliphatic carbocycles. The number of hydrogen-bond acceptors (Lipinski definition) is 7. The summed E-state index contributed by atoms with van der Waals surface area (Å²) in [7, 11) is 6.43. The lowest BCUT2D eigenvalue weighted by Crippen LogP contribution is -2.46. The highest BCUT2D eigenvalue weighted by Gasteiger charge is 2.37. The smallest absolute Gasteiger partial charge is 0.219 e. The number of ether oxygens (including phenoxy) is 2. The number of aryl methyl sites for hydroxylation is 3. The second-order valence-corrected chi connectivity index (χ2v) is 13.4. The predicted octanol–water partition coefficient (Wildman–Crippen LogP) is 5.81. The third-order valence-electron chi connectivity index (χ3n) is 8.36. The summed E-state index contributed by atoms with van der Waals surface area (Å²) in [5.41, 5.74) is 4.70. The molecule has 1 amide bonds. The highest BCUT2D eigenvalue weighted by atomic mass is 16.7. The summed E-state index contributed by atoms with van der Waals surface area (Å²) in [6.45, 7) is 20.7. The number of aliphatic hydroxyl groups excluding tert-OH is 1. The maximum atomic E-state index is 10.8. The lowest BCUT2D eigenvalue weighted by Gasteiger charge is -2.31. The number of nitrogens with zero attached hydrogens (tertiary/aromatic N) is 4. The molecule has 3 heterocycles. The second kappa shape index (κ2) is 21.8. The van der Waals surface area contributed by atoms with E-state index >= 15 is 0 Å². The Morgan fingerprint density at radius 2 is 1.04 bits per heavy atom. The summed E-state index contributed by atoms with van der Waals surface area (Å²) in [6.07, 6.45) is -0.903. The minimum absolute atomic E-state index is 0.202. The molecule has 2 atom stereocenters. The Hall–Kier alpha value is -3.11. The van der Waals surface area contributed by atoms with E-state index in [4.69, 9.17) is 9.47 Å². The van der Waals surface area contributed by atoms with Crippen LogP contribution in [-0.2, 0) is 14.3 Å². The largest absolute Gasteiger partial charge is 0.386 e. The summed E-state index contributed by atoms with van der Waals surface area (Å²) in [5, 5.41) is 10.1. The van der Waals surface area contributed by atoms with Crippen molar-refractivity contribution in [2.24, 2.45) is 0 Å². The molecule has 6 rings (SSSR count). The van der Waals surface area contributed by atoms with Gasteiger partial charge >= 0.3 is 0 Å². The molecule has 8 nitrogen and oxygen atoms in total. The Morgan fingerprint density at radius 1 is 0.667 bits per heavy atom. The fourth-order valence-corrected chi connectivity index (χ4v) is 4.95. The number of benzene rings is 3. The number of hydrogen-bond donors (Lipinski definition) is 1. The molecule has 0 bridgehead atoms. The van der Waals surface area contributed by atoms with Gasteiger partial charge in [-0.3, -0.25) is 4.79 Å². The van der Waals surface area contributed by atoms with Gasteiger partial charge in [-0.2, -0.15) is 0 Å². The molecule has 3 fully saturated rings. The van der Waals surface area contributed by atoms with Gasteiger partial charge in [0.2, 0.25) is 5.91 Å². The lowest BCUT2D eigenvalue weighted by molar-refractivity contribution is -0.151. The van der Waals surface area contributed by atoms with E-state index in [1.54, 1.807) is 6.92 Å². The minimum atomic E-state index is -0.623. The highest BCUT2D eigenvalue weighted by Crippen LogP contribution is 2.30. The van der Waals surface area contributed by atoms with E-state index in [1.807, 2.05) is 86.3 Å². The second-order valence-electron chi connectivity index (χ2n) is 13.4. The summed E-state index contributed by atoms with van der Waals surface area (Å²) < 4.78 is 11.1. The van der Waals surface area contributed by atoms with Crippen LogP contribution in [0, 0.1) is 20.8 Å². The van der Waals surface area contributed by atoms with Crippen LogP contribution in [0.4, 0.5) is 0 Å². The summed E-state index contributed by atoms with van der Waals surface area (Å²) in [4.78, 5) is 19.7. The van der Waals surface area contributed by atoms with Crippen molar-refractivity contribution in [1.82, 2.24) is 19.6 Å². The van der Waals surface area contributed by atoms with Crippen LogP contribution in [-0.4, -0.2) is 123 Å². The SMILES string of the molecule is CC(=O)N1CCN(C)CC1.CN1CCN(C)CC1.Cc1ccc(C(O)C2COC(C)(C)O2)cc1.Cc1ccccc1.Cc1ccccc1. The van der Waals surface area contributed by atoms with Crippen LogP contribution < -0.4 is 0 Å². The van der Waals surface area contributed by atoms with Crippen LogP contribution in [0.2, 0.25) is 0 Å². The monoisotopic (exact) mass is 662 g/mol. The molecule has 266 valence electrons. The van der Waals surface area contributed by atoms with Crippen molar-refractivity contribution >= 4 is 5.91 Å². The van der Waals surface area contributed by atoms with Crippen molar-refractivity contribution in [1.29, 1.82) is 0 Å². The van der Waals surface area contributed by atoms with E-state index in [0.717, 1.165) is 31.7 Å². The van der Waals surface area contributed by atoms with E-state index in [9.17, 15) is 9.90 Å². The fourth-order valence-electron chi connectivity index (χ4n) is 4.95. The zero-order chi connectivity index (χ0) is 35.5. The van der Waals surface area contributed by atoms with Crippen molar-refractivity contribution in [2.75, 3.05) is 80.1 Å². The van der Waals surface area contributed by atoms with Crippen molar-refractivity contribution < 1.29 is 19.4 Å². The van der Waals surface area contributed by atoms with E-state index in [1.165, 1.54) is 42.9 Å². The molecule has 3 aliphatic heterocycles. The lowest BCUT2D eigenvalue weighted by atomic mass is 10.0. The molecular weight excluding hydrogens is 600 g/mol. The molecule has 0 aromatic heterocycles. The van der Waals surface area contributed by atoms with Gasteiger partial charge in [0.1, 0.15) is 12.2 Å². The fraction of sp³-hybridized carbons (Fsp3) is 0.525. The van der Waals surface area contributed by atoms with Gasteiger partial charge in [0.25, 0.3) is 0 Å². The quantitative estimate of drug-likeness (QED) is 0.372. The zero-order valence-corrected chi connectivity index (χ0v) is 31.1. The van der Waals surface area contributed by atoms with E-state index < -0.39 is 11.9 Å². The topological polar surface area (TPSA) is 68.7 Å². The Labute approximate surface area is 291 Å². The maximum absolute atomic E-state index is 10.8. The first-order valence-corrected chi connectivity index (χ1v) is 17.2. The first kappa shape index (κ1) is 41.1. The van der Waals surface area contributed by atoms with Gasteiger partial charge < -0.3 is 34.2 Å². The van der Waals surface area contributed by atoms with Crippen LogP contribution in [0.15, 0.2) is 84.9 Å². The van der Waals surface area contributed by atoms with Crippen molar-refractivity contribution in [2.45, 2.75) is 59.5 Å². The molecule has 3 aromatic rings. The van der Waals surface area contributed by atoms with Gasteiger partial charge in [0.15, 0.2) is 5.79 Å². The molecule has 3 saturated heterocycles. The van der Waals surface area contributed by atoms with Gasteiger partial charge in [-0.1, -0.05) is 102 Å². The van der Waals surface area contributed by atoms with E-state index in [2.05, 4.69) is 74.0 Å². The average Bonchev–Trinajstić information content (AvgIpc) is 3.44. The summed E-state index contributed by atoms with van der Waals surface area (Å²) >= 11 is 0. The molecular formula is C40H62N4O4. The van der Waals surface area contributed by atoms with Crippen LogP contribution >= 0.6 is 0 Å².